The number of halogens is 6. The summed E-state index contributed by atoms with van der Waals surface area (Å²) in [5.74, 6) is -1.81. The van der Waals surface area contributed by atoms with Crippen LogP contribution in [0.5, 0.6) is 11.5 Å². The van der Waals surface area contributed by atoms with Crippen LogP contribution >= 0.6 is 0 Å². The lowest BCUT2D eigenvalue weighted by Crippen LogP contribution is -2.21. The van der Waals surface area contributed by atoms with Crippen molar-refractivity contribution < 1.29 is 40.6 Å². The van der Waals surface area contributed by atoms with E-state index in [4.69, 9.17) is 4.74 Å². The summed E-state index contributed by atoms with van der Waals surface area (Å²) in [7, 11) is 0. The number of pyridine rings is 1. The smallest absolute Gasteiger partial charge is 0.483 e. The lowest BCUT2D eigenvalue weighted by Gasteiger charge is -2.15. The molecule has 0 atom stereocenters. The molecule has 170 valence electrons. The van der Waals surface area contributed by atoms with Crippen molar-refractivity contribution >= 4 is 22.5 Å². The zero-order chi connectivity index (χ0) is 23.7. The van der Waals surface area contributed by atoms with Crippen LogP contribution in [0, 0.1) is 13.8 Å². The Balaban J connectivity index is 1.89. The third-order valence-corrected chi connectivity index (χ3v) is 4.13. The normalized spacial score (nSPS) is 12.0. The number of carbonyl (C=O) groups is 1. The van der Waals surface area contributed by atoms with Gasteiger partial charge in [0.05, 0.1) is 5.52 Å². The molecule has 1 heterocycles. The van der Waals surface area contributed by atoms with Gasteiger partial charge in [0.25, 0.3) is 5.91 Å². The molecule has 0 saturated carbocycles. The molecule has 0 aliphatic carbocycles. The molecule has 11 heteroatoms. The highest BCUT2D eigenvalue weighted by Gasteiger charge is 2.34. The number of alkyl halides is 6. The summed E-state index contributed by atoms with van der Waals surface area (Å²) in [5, 5.41) is 2.37. The van der Waals surface area contributed by atoms with Crippen molar-refractivity contribution in [3.8, 4) is 11.5 Å². The maximum Gasteiger partial charge on any atom is 0.573 e. The topological polar surface area (TPSA) is 60.5 Å². The molecule has 3 aromatic rings. The molecule has 0 unspecified atom stereocenters. The third-order valence-electron chi connectivity index (χ3n) is 4.13. The molecule has 0 fully saturated rings. The molecule has 0 aliphatic rings. The highest BCUT2D eigenvalue weighted by Crippen LogP contribution is 2.36. The van der Waals surface area contributed by atoms with Crippen LogP contribution in [-0.4, -0.2) is 23.9 Å². The minimum atomic E-state index is -5.00. The second kappa shape index (κ2) is 8.56. The number of nitrogens with one attached hydrogen (secondary N) is 1. The van der Waals surface area contributed by atoms with Crippen molar-refractivity contribution in [1.82, 2.24) is 4.98 Å². The molecular weight excluding hydrogens is 442 g/mol. The lowest BCUT2D eigenvalue weighted by atomic mass is 10.1. The number of rotatable bonds is 5. The molecule has 5 nitrogen and oxygen atoms in total. The van der Waals surface area contributed by atoms with Crippen LogP contribution in [0.25, 0.3) is 10.9 Å². The van der Waals surface area contributed by atoms with Crippen molar-refractivity contribution in [2.75, 3.05) is 11.9 Å². The van der Waals surface area contributed by atoms with E-state index in [0.717, 1.165) is 29.3 Å². The molecule has 0 radical (unpaired) electrons. The van der Waals surface area contributed by atoms with Crippen molar-refractivity contribution in [2.24, 2.45) is 0 Å². The fourth-order valence-electron chi connectivity index (χ4n) is 3.02. The first-order chi connectivity index (χ1) is 14.8. The molecule has 2 aromatic carbocycles. The van der Waals surface area contributed by atoms with Crippen molar-refractivity contribution in [2.45, 2.75) is 26.4 Å². The summed E-state index contributed by atoms with van der Waals surface area (Å²) in [6, 6.07) is 8.39. The highest BCUT2D eigenvalue weighted by molar-refractivity contribution is 5.93. The van der Waals surface area contributed by atoms with E-state index in [-0.39, 0.29) is 10.9 Å². The Morgan fingerprint density at radius 3 is 2.22 bits per heavy atom. The molecule has 0 spiro atoms. The van der Waals surface area contributed by atoms with E-state index in [0.29, 0.717) is 11.8 Å². The average Bonchev–Trinajstić information content (AvgIpc) is 2.63. The Kier molecular flexibility index (Phi) is 6.20. The Labute approximate surface area is 178 Å². The van der Waals surface area contributed by atoms with Gasteiger partial charge in [-0.05, 0) is 55.3 Å². The Hall–Kier alpha value is -3.50. The molecule has 3 rings (SSSR count). The first-order valence-electron chi connectivity index (χ1n) is 9.09. The Morgan fingerprint density at radius 1 is 0.969 bits per heavy atom. The van der Waals surface area contributed by atoms with Crippen LogP contribution in [-0.2, 0) is 11.0 Å². The van der Waals surface area contributed by atoms with Crippen LogP contribution in [0.15, 0.2) is 42.5 Å². The minimum Gasteiger partial charge on any atom is -0.483 e. The van der Waals surface area contributed by atoms with Gasteiger partial charge in [0.2, 0.25) is 0 Å². The molecule has 0 saturated heterocycles. The van der Waals surface area contributed by atoms with Gasteiger partial charge in [-0.1, -0.05) is 6.07 Å². The quantitative estimate of drug-likeness (QED) is 0.492. The summed E-state index contributed by atoms with van der Waals surface area (Å²) in [6.45, 7) is 2.96. The van der Waals surface area contributed by atoms with E-state index >= 15 is 0 Å². The first-order valence-corrected chi connectivity index (χ1v) is 9.09. The average molecular weight is 458 g/mol. The van der Waals surface area contributed by atoms with Crippen LogP contribution < -0.4 is 14.8 Å². The van der Waals surface area contributed by atoms with Gasteiger partial charge >= 0.3 is 12.5 Å². The number of hydrogen-bond donors (Lipinski definition) is 1. The van der Waals surface area contributed by atoms with Crippen LogP contribution in [0.1, 0.15) is 16.8 Å². The number of fused-ring (bicyclic) bond motifs is 1. The van der Waals surface area contributed by atoms with E-state index in [9.17, 15) is 31.1 Å². The molecule has 0 bridgehead atoms. The van der Waals surface area contributed by atoms with Gasteiger partial charge in [-0.3, -0.25) is 4.79 Å². The van der Waals surface area contributed by atoms with Crippen LogP contribution in [0.4, 0.5) is 32.0 Å². The summed E-state index contributed by atoms with van der Waals surface area (Å²) in [6.07, 6.45) is -9.84. The van der Waals surface area contributed by atoms with Crippen LogP contribution in [0.3, 0.4) is 0 Å². The standard InChI is InChI=1S/C21H16F6N2O3/c1-11-5-12(2)7-13(6-11)28-19(30)10-31-17-9-18(20(22,23)24)29-16-4-3-14(8-15(16)17)32-21(25,26)27/h3-9H,10H2,1-2H3,(H,28,30). The molecule has 1 aromatic heterocycles. The van der Waals surface area contributed by atoms with Gasteiger partial charge in [-0.15, -0.1) is 13.2 Å². The number of amides is 1. The monoisotopic (exact) mass is 458 g/mol. The van der Waals surface area contributed by atoms with E-state index in [1.54, 1.807) is 12.1 Å². The van der Waals surface area contributed by atoms with Gasteiger partial charge in [0, 0.05) is 17.1 Å². The summed E-state index contributed by atoms with van der Waals surface area (Å²) in [4.78, 5) is 15.7. The first kappa shape index (κ1) is 23.2. The Morgan fingerprint density at radius 2 is 1.62 bits per heavy atom. The van der Waals surface area contributed by atoms with Gasteiger partial charge in [0.1, 0.15) is 17.2 Å². The zero-order valence-corrected chi connectivity index (χ0v) is 16.7. The minimum absolute atomic E-state index is 0.182. The summed E-state index contributed by atoms with van der Waals surface area (Å²) in [5.41, 5.74) is 0.632. The second-order valence-corrected chi connectivity index (χ2v) is 6.94. The zero-order valence-electron chi connectivity index (χ0n) is 16.7. The van der Waals surface area contributed by atoms with E-state index < -0.39 is 42.2 Å². The Bertz CT molecular complexity index is 1140. The largest absolute Gasteiger partial charge is 0.573 e. The van der Waals surface area contributed by atoms with E-state index in [1.165, 1.54) is 0 Å². The number of hydrogen-bond acceptors (Lipinski definition) is 4. The molecule has 0 aliphatic heterocycles. The number of benzene rings is 2. The predicted molar refractivity (Wildman–Crippen MR) is 103 cm³/mol. The fraction of sp³-hybridized carbons (Fsp3) is 0.238. The SMILES string of the molecule is Cc1cc(C)cc(NC(=O)COc2cc(C(F)(F)F)nc3ccc(OC(F)(F)F)cc23)c1. The van der Waals surface area contributed by atoms with E-state index in [2.05, 4.69) is 15.0 Å². The van der Waals surface area contributed by atoms with Gasteiger partial charge < -0.3 is 14.8 Å². The molecule has 1 N–H and O–H groups in total. The predicted octanol–water partition coefficient (Wildman–Crippen LogP) is 5.79. The molecular formula is C21H16F6N2O3. The van der Waals surface area contributed by atoms with Crippen molar-refractivity contribution in [1.29, 1.82) is 0 Å². The third kappa shape index (κ3) is 6.02. The maximum absolute atomic E-state index is 13.2. The number of carbonyl (C=O) groups excluding carboxylic acids is 1. The second-order valence-electron chi connectivity index (χ2n) is 6.94. The van der Waals surface area contributed by atoms with Gasteiger partial charge in [0.15, 0.2) is 6.61 Å². The summed E-state index contributed by atoms with van der Waals surface area (Å²) >= 11 is 0. The van der Waals surface area contributed by atoms with Crippen molar-refractivity contribution in [3.63, 3.8) is 0 Å². The number of ether oxygens (including phenoxy) is 2. The number of aryl methyl sites for hydroxylation is 2. The number of anilines is 1. The van der Waals surface area contributed by atoms with Gasteiger partial charge in [-0.25, -0.2) is 4.98 Å². The number of nitrogens with zero attached hydrogens (tertiary/aromatic N) is 1. The molecule has 1 amide bonds. The highest BCUT2D eigenvalue weighted by atomic mass is 19.4. The van der Waals surface area contributed by atoms with Gasteiger partial charge in [-0.2, -0.15) is 13.2 Å². The summed E-state index contributed by atoms with van der Waals surface area (Å²) < 4.78 is 86.1. The fourth-order valence-corrected chi connectivity index (χ4v) is 3.02. The molecule has 32 heavy (non-hydrogen) atoms. The van der Waals surface area contributed by atoms with Crippen molar-refractivity contribution in [3.05, 3.63) is 59.3 Å². The maximum atomic E-state index is 13.2. The van der Waals surface area contributed by atoms with Crippen LogP contribution in [0.2, 0.25) is 0 Å². The number of aromatic nitrogens is 1. The van der Waals surface area contributed by atoms with E-state index in [1.807, 2.05) is 19.9 Å². The lowest BCUT2D eigenvalue weighted by molar-refractivity contribution is -0.274.